The first-order valence-electron chi connectivity index (χ1n) is 4.67. The molecular formula is C12H13ClO2. The summed E-state index contributed by atoms with van der Waals surface area (Å²) in [7, 11) is 0. The average molecular weight is 225 g/mol. The van der Waals surface area contributed by atoms with Gasteiger partial charge in [-0.05, 0) is 31.2 Å². The minimum atomic E-state index is -0.495. The van der Waals surface area contributed by atoms with Gasteiger partial charge in [-0.25, -0.2) is 0 Å². The zero-order chi connectivity index (χ0) is 11.3. The summed E-state index contributed by atoms with van der Waals surface area (Å²) in [5.74, 6) is 0.639. The van der Waals surface area contributed by atoms with E-state index < -0.39 is 5.38 Å². The van der Waals surface area contributed by atoms with E-state index in [1.165, 1.54) is 0 Å². The summed E-state index contributed by atoms with van der Waals surface area (Å²) < 4.78 is 5.29. The fraction of sp³-hybridized carbons (Fsp3) is 0.250. The zero-order valence-corrected chi connectivity index (χ0v) is 9.33. The Morgan fingerprint density at radius 3 is 2.60 bits per heavy atom. The van der Waals surface area contributed by atoms with Crippen LogP contribution >= 0.6 is 11.6 Å². The molecule has 0 amide bonds. The predicted octanol–water partition coefficient (Wildman–Crippen LogP) is 3.06. The van der Waals surface area contributed by atoms with E-state index in [4.69, 9.17) is 16.3 Å². The van der Waals surface area contributed by atoms with Crippen molar-refractivity contribution in [1.82, 2.24) is 0 Å². The third kappa shape index (κ3) is 3.40. The van der Waals surface area contributed by atoms with Crippen LogP contribution in [-0.2, 0) is 0 Å². The van der Waals surface area contributed by atoms with E-state index in [1.807, 2.05) is 0 Å². The molecule has 0 bridgehead atoms. The maximum atomic E-state index is 11.5. The van der Waals surface area contributed by atoms with Gasteiger partial charge in [-0.3, -0.25) is 4.79 Å². The van der Waals surface area contributed by atoms with Gasteiger partial charge in [0.1, 0.15) is 12.4 Å². The molecule has 15 heavy (non-hydrogen) atoms. The van der Waals surface area contributed by atoms with Crippen LogP contribution in [0.15, 0.2) is 36.9 Å². The average Bonchev–Trinajstić information content (AvgIpc) is 2.26. The number of benzene rings is 1. The molecule has 0 fully saturated rings. The standard InChI is InChI=1S/C12H13ClO2/c1-3-8-15-11-6-4-10(5-7-11)12(14)9(2)13/h3-7,9H,1,8H2,2H3. The smallest absolute Gasteiger partial charge is 0.180 e. The maximum Gasteiger partial charge on any atom is 0.180 e. The number of rotatable bonds is 5. The first-order chi connectivity index (χ1) is 7.15. The Labute approximate surface area is 94.5 Å². The Morgan fingerprint density at radius 2 is 2.13 bits per heavy atom. The molecule has 0 saturated carbocycles. The SMILES string of the molecule is C=CCOc1ccc(C(=O)C(C)Cl)cc1. The highest BCUT2D eigenvalue weighted by atomic mass is 35.5. The lowest BCUT2D eigenvalue weighted by molar-refractivity contribution is 0.0991. The van der Waals surface area contributed by atoms with E-state index in [-0.39, 0.29) is 5.78 Å². The minimum absolute atomic E-state index is 0.0769. The van der Waals surface area contributed by atoms with Crippen molar-refractivity contribution in [3.8, 4) is 5.75 Å². The van der Waals surface area contributed by atoms with Gasteiger partial charge < -0.3 is 4.74 Å². The summed E-state index contributed by atoms with van der Waals surface area (Å²) >= 11 is 5.69. The molecule has 2 nitrogen and oxygen atoms in total. The molecule has 0 radical (unpaired) electrons. The molecule has 0 aliphatic rings. The van der Waals surface area contributed by atoms with E-state index in [0.717, 1.165) is 0 Å². The maximum absolute atomic E-state index is 11.5. The summed E-state index contributed by atoms with van der Waals surface area (Å²) in [5, 5.41) is -0.495. The second-order valence-corrected chi connectivity index (χ2v) is 3.76. The molecular weight excluding hydrogens is 212 g/mol. The van der Waals surface area contributed by atoms with Crippen molar-refractivity contribution in [3.05, 3.63) is 42.5 Å². The normalized spacial score (nSPS) is 11.9. The molecule has 1 atom stereocenters. The van der Waals surface area contributed by atoms with Crippen molar-refractivity contribution in [2.45, 2.75) is 12.3 Å². The molecule has 80 valence electrons. The summed E-state index contributed by atoms with van der Waals surface area (Å²) in [6, 6.07) is 6.91. The van der Waals surface area contributed by atoms with Crippen LogP contribution in [0.2, 0.25) is 0 Å². The second kappa shape index (κ2) is 5.56. The van der Waals surface area contributed by atoms with E-state index in [2.05, 4.69) is 6.58 Å². The van der Waals surface area contributed by atoms with Crippen LogP contribution in [0, 0.1) is 0 Å². The van der Waals surface area contributed by atoms with Crippen molar-refractivity contribution in [2.75, 3.05) is 6.61 Å². The van der Waals surface area contributed by atoms with Gasteiger partial charge in [-0.1, -0.05) is 12.7 Å². The number of hydrogen-bond acceptors (Lipinski definition) is 2. The number of ketones is 1. The Kier molecular flexibility index (Phi) is 4.37. The highest BCUT2D eigenvalue weighted by Crippen LogP contribution is 2.14. The molecule has 0 aromatic heterocycles. The largest absolute Gasteiger partial charge is 0.490 e. The lowest BCUT2D eigenvalue weighted by atomic mass is 10.1. The molecule has 0 N–H and O–H groups in total. The fourth-order valence-corrected chi connectivity index (χ4v) is 1.23. The molecule has 1 aromatic carbocycles. The molecule has 0 aliphatic carbocycles. The number of carbonyl (C=O) groups is 1. The number of Topliss-reactive ketones (excluding diaryl/α,β-unsaturated/α-hetero) is 1. The van der Waals surface area contributed by atoms with Gasteiger partial charge >= 0.3 is 0 Å². The molecule has 0 heterocycles. The second-order valence-electron chi connectivity index (χ2n) is 3.10. The molecule has 1 aromatic rings. The van der Waals surface area contributed by atoms with Gasteiger partial charge in [0.15, 0.2) is 5.78 Å². The van der Waals surface area contributed by atoms with Gasteiger partial charge in [0.25, 0.3) is 0 Å². The van der Waals surface area contributed by atoms with Gasteiger partial charge in [0.2, 0.25) is 0 Å². The zero-order valence-electron chi connectivity index (χ0n) is 8.57. The Balaban J connectivity index is 2.71. The van der Waals surface area contributed by atoms with Gasteiger partial charge in [0, 0.05) is 5.56 Å². The molecule has 1 rings (SSSR count). The van der Waals surface area contributed by atoms with Crippen molar-refractivity contribution in [1.29, 1.82) is 0 Å². The van der Waals surface area contributed by atoms with E-state index in [9.17, 15) is 4.79 Å². The van der Waals surface area contributed by atoms with Crippen LogP contribution in [0.4, 0.5) is 0 Å². The van der Waals surface area contributed by atoms with Crippen LogP contribution in [0.1, 0.15) is 17.3 Å². The lowest BCUT2D eigenvalue weighted by Crippen LogP contribution is -2.10. The minimum Gasteiger partial charge on any atom is -0.490 e. The highest BCUT2D eigenvalue weighted by molar-refractivity contribution is 6.33. The summed E-state index contributed by atoms with van der Waals surface area (Å²) in [5.41, 5.74) is 0.600. The molecule has 1 unspecified atom stereocenters. The number of hydrogen-bond donors (Lipinski definition) is 0. The topological polar surface area (TPSA) is 26.3 Å². The number of halogens is 1. The highest BCUT2D eigenvalue weighted by Gasteiger charge is 2.11. The summed E-state index contributed by atoms with van der Waals surface area (Å²) in [6.07, 6.45) is 1.67. The van der Waals surface area contributed by atoms with Crippen molar-refractivity contribution in [2.24, 2.45) is 0 Å². The number of alkyl halides is 1. The third-order valence-electron chi connectivity index (χ3n) is 1.87. The van der Waals surface area contributed by atoms with Gasteiger partial charge in [0.05, 0.1) is 5.38 Å². The first-order valence-corrected chi connectivity index (χ1v) is 5.11. The van der Waals surface area contributed by atoms with Crippen LogP contribution in [0.5, 0.6) is 5.75 Å². The van der Waals surface area contributed by atoms with Crippen LogP contribution < -0.4 is 4.74 Å². The quantitative estimate of drug-likeness (QED) is 0.437. The molecule has 0 aliphatic heterocycles. The fourth-order valence-electron chi connectivity index (χ4n) is 1.10. The lowest BCUT2D eigenvalue weighted by Gasteiger charge is -2.05. The molecule has 0 spiro atoms. The predicted molar refractivity (Wildman–Crippen MR) is 61.8 cm³/mol. The Morgan fingerprint density at radius 1 is 1.53 bits per heavy atom. The number of ether oxygens (including phenoxy) is 1. The Bertz CT molecular complexity index is 341. The molecule has 0 saturated heterocycles. The van der Waals surface area contributed by atoms with Gasteiger partial charge in [-0.2, -0.15) is 0 Å². The summed E-state index contributed by atoms with van der Waals surface area (Å²) in [6.45, 7) is 5.66. The van der Waals surface area contributed by atoms with Crippen molar-refractivity contribution < 1.29 is 9.53 Å². The molecule has 3 heteroatoms. The number of carbonyl (C=O) groups excluding carboxylic acids is 1. The van der Waals surface area contributed by atoms with E-state index in [0.29, 0.717) is 17.9 Å². The first kappa shape index (κ1) is 11.8. The monoisotopic (exact) mass is 224 g/mol. The van der Waals surface area contributed by atoms with Crippen LogP contribution in [0.3, 0.4) is 0 Å². The van der Waals surface area contributed by atoms with Crippen LogP contribution in [-0.4, -0.2) is 17.8 Å². The Hall–Kier alpha value is -1.28. The van der Waals surface area contributed by atoms with Crippen LogP contribution in [0.25, 0.3) is 0 Å². The van der Waals surface area contributed by atoms with E-state index in [1.54, 1.807) is 37.3 Å². The van der Waals surface area contributed by atoms with Gasteiger partial charge in [-0.15, -0.1) is 11.6 Å². The van der Waals surface area contributed by atoms with Crippen molar-refractivity contribution >= 4 is 17.4 Å². The van der Waals surface area contributed by atoms with E-state index >= 15 is 0 Å². The van der Waals surface area contributed by atoms with Crippen molar-refractivity contribution in [3.63, 3.8) is 0 Å². The summed E-state index contributed by atoms with van der Waals surface area (Å²) in [4.78, 5) is 11.5. The third-order valence-corrected chi connectivity index (χ3v) is 2.07.